The van der Waals surface area contributed by atoms with Gasteiger partial charge in [-0.15, -0.1) is 10.2 Å². The molecule has 0 aliphatic carbocycles. The van der Waals surface area contributed by atoms with E-state index in [1.54, 1.807) is 6.33 Å². The highest BCUT2D eigenvalue weighted by molar-refractivity contribution is 5.98. The van der Waals surface area contributed by atoms with Crippen molar-refractivity contribution in [1.29, 1.82) is 0 Å². The fourth-order valence-electron chi connectivity index (χ4n) is 5.04. The van der Waals surface area contributed by atoms with E-state index in [0.29, 0.717) is 11.8 Å². The van der Waals surface area contributed by atoms with Gasteiger partial charge >= 0.3 is 0 Å². The summed E-state index contributed by atoms with van der Waals surface area (Å²) >= 11 is 0. The molecule has 1 N–H and O–H groups in total. The third-order valence-corrected chi connectivity index (χ3v) is 7.21. The van der Waals surface area contributed by atoms with Crippen LogP contribution in [0.5, 0.6) is 0 Å². The van der Waals surface area contributed by atoms with Crippen LogP contribution in [0.1, 0.15) is 63.8 Å². The molecule has 4 aromatic rings. The topological polar surface area (TPSA) is 87.9 Å². The van der Waals surface area contributed by atoms with Crippen LogP contribution in [-0.2, 0) is 7.05 Å². The average molecular weight is 500 g/mol. The molecule has 1 fully saturated rings. The minimum atomic E-state index is 0.396. The number of aromatic nitrogens is 6. The summed E-state index contributed by atoms with van der Waals surface area (Å²) < 4.78 is 2.02. The van der Waals surface area contributed by atoms with Crippen molar-refractivity contribution in [1.82, 2.24) is 29.7 Å². The minimum absolute atomic E-state index is 0.396. The zero-order valence-electron chi connectivity index (χ0n) is 22.5. The highest BCUT2D eigenvalue weighted by Crippen LogP contribution is 2.38. The first kappa shape index (κ1) is 24.9. The van der Waals surface area contributed by atoms with E-state index >= 15 is 0 Å². The number of benzene rings is 1. The van der Waals surface area contributed by atoms with E-state index in [0.717, 1.165) is 62.4 Å². The Bertz CT molecular complexity index is 1360. The third kappa shape index (κ3) is 5.08. The highest BCUT2D eigenvalue weighted by Gasteiger charge is 2.32. The summed E-state index contributed by atoms with van der Waals surface area (Å²) in [4.78, 5) is 18.7. The number of nitrogens with one attached hydrogen (secondary N) is 1. The maximum atomic E-state index is 4.79. The van der Waals surface area contributed by atoms with Crippen LogP contribution in [-0.4, -0.2) is 55.9 Å². The molecule has 0 saturated carbocycles. The van der Waals surface area contributed by atoms with Crippen molar-refractivity contribution in [2.75, 3.05) is 41.3 Å². The Morgan fingerprint density at radius 2 is 1.92 bits per heavy atom. The molecular weight excluding hydrogens is 462 g/mol. The standard InChI is InChI=1S/C28H37N9/c1-6-8-13-36(7-2)28-29-12-11-25(33-28)32-26-14-22-21(19(3)4)9-10-24(23(22)15-30-26)37-16-20(17-37)27-34-31-18-35(27)5/h9-12,14-15,18-20H,6-8,13,16-17H2,1-5H3,(H,29,30,32,33). The molecule has 0 atom stereocenters. The van der Waals surface area contributed by atoms with Crippen LogP contribution in [0.2, 0.25) is 0 Å². The van der Waals surface area contributed by atoms with Gasteiger partial charge in [-0.05, 0) is 48.4 Å². The number of anilines is 4. The van der Waals surface area contributed by atoms with Gasteiger partial charge in [0.05, 0.1) is 5.92 Å². The molecule has 4 heterocycles. The quantitative estimate of drug-likeness (QED) is 0.317. The minimum Gasteiger partial charge on any atom is -0.369 e. The Hall–Kier alpha value is -3.75. The zero-order valence-corrected chi connectivity index (χ0v) is 22.5. The molecule has 1 saturated heterocycles. The first-order valence-corrected chi connectivity index (χ1v) is 13.3. The highest BCUT2D eigenvalue weighted by atomic mass is 15.3. The predicted octanol–water partition coefficient (Wildman–Crippen LogP) is 5.25. The molecule has 1 aliphatic heterocycles. The number of pyridine rings is 1. The fraction of sp³-hybridized carbons (Fsp3) is 0.464. The van der Waals surface area contributed by atoms with Crippen molar-refractivity contribution in [3.05, 3.63) is 54.4 Å². The summed E-state index contributed by atoms with van der Waals surface area (Å²) in [6.07, 6.45) is 7.85. The predicted molar refractivity (Wildman–Crippen MR) is 150 cm³/mol. The first-order valence-electron chi connectivity index (χ1n) is 13.3. The number of unbranched alkanes of at least 4 members (excludes halogenated alkanes) is 1. The van der Waals surface area contributed by atoms with E-state index in [1.807, 2.05) is 30.1 Å². The van der Waals surface area contributed by atoms with Gasteiger partial charge in [0.2, 0.25) is 5.95 Å². The van der Waals surface area contributed by atoms with E-state index in [9.17, 15) is 0 Å². The lowest BCUT2D eigenvalue weighted by atomic mass is 9.93. The van der Waals surface area contributed by atoms with Crippen molar-refractivity contribution in [3.8, 4) is 0 Å². The van der Waals surface area contributed by atoms with Gasteiger partial charge in [0, 0.05) is 56.7 Å². The number of hydrogen-bond donors (Lipinski definition) is 1. The fourth-order valence-corrected chi connectivity index (χ4v) is 5.04. The second-order valence-electron chi connectivity index (χ2n) is 10.1. The smallest absolute Gasteiger partial charge is 0.227 e. The summed E-state index contributed by atoms with van der Waals surface area (Å²) in [5.41, 5.74) is 2.53. The molecule has 3 aromatic heterocycles. The summed E-state index contributed by atoms with van der Waals surface area (Å²) in [6, 6.07) is 8.56. The van der Waals surface area contributed by atoms with Crippen molar-refractivity contribution in [2.45, 2.75) is 52.4 Å². The number of aryl methyl sites for hydroxylation is 1. The van der Waals surface area contributed by atoms with Gasteiger partial charge < -0.3 is 19.7 Å². The molecule has 194 valence electrons. The second kappa shape index (κ2) is 10.7. The van der Waals surface area contributed by atoms with Crippen LogP contribution in [0.25, 0.3) is 10.8 Å². The normalized spacial score (nSPS) is 13.8. The Labute approximate surface area is 219 Å². The lowest BCUT2D eigenvalue weighted by Crippen LogP contribution is -2.46. The van der Waals surface area contributed by atoms with Crippen LogP contribution < -0.4 is 15.1 Å². The Kier molecular flexibility index (Phi) is 7.21. The van der Waals surface area contributed by atoms with Gasteiger partial charge in [-0.25, -0.2) is 9.97 Å². The van der Waals surface area contributed by atoms with Crippen LogP contribution in [0.15, 0.2) is 43.0 Å². The summed E-state index contributed by atoms with van der Waals surface area (Å²) in [5, 5.41) is 14.2. The average Bonchev–Trinajstić information content (AvgIpc) is 3.29. The molecule has 37 heavy (non-hydrogen) atoms. The van der Waals surface area contributed by atoms with Gasteiger partial charge in [-0.1, -0.05) is 33.3 Å². The number of nitrogens with zero attached hydrogens (tertiary/aromatic N) is 8. The van der Waals surface area contributed by atoms with Gasteiger partial charge in [0.15, 0.2) is 0 Å². The van der Waals surface area contributed by atoms with Crippen molar-refractivity contribution in [2.24, 2.45) is 7.05 Å². The van der Waals surface area contributed by atoms with Crippen LogP contribution in [0.4, 0.5) is 23.3 Å². The summed E-state index contributed by atoms with van der Waals surface area (Å²) in [5.74, 6) is 4.13. The van der Waals surface area contributed by atoms with Gasteiger partial charge in [-0.2, -0.15) is 4.98 Å². The molecule has 1 aliphatic rings. The van der Waals surface area contributed by atoms with Gasteiger partial charge in [0.25, 0.3) is 0 Å². The molecule has 0 unspecified atom stereocenters. The summed E-state index contributed by atoms with van der Waals surface area (Å²) in [6.45, 7) is 12.5. The first-order chi connectivity index (χ1) is 18.0. The van der Waals surface area contributed by atoms with E-state index in [1.165, 1.54) is 22.0 Å². The van der Waals surface area contributed by atoms with E-state index in [-0.39, 0.29) is 0 Å². The van der Waals surface area contributed by atoms with Gasteiger partial charge in [-0.3, -0.25) is 0 Å². The van der Waals surface area contributed by atoms with Crippen LogP contribution in [0, 0.1) is 0 Å². The Morgan fingerprint density at radius 1 is 1.08 bits per heavy atom. The van der Waals surface area contributed by atoms with Crippen molar-refractivity contribution in [3.63, 3.8) is 0 Å². The zero-order chi connectivity index (χ0) is 25.9. The monoisotopic (exact) mass is 499 g/mol. The van der Waals surface area contributed by atoms with E-state index in [2.05, 4.69) is 76.2 Å². The molecular formula is C28H37N9. The molecule has 5 rings (SSSR count). The molecule has 0 spiro atoms. The number of fused-ring (bicyclic) bond motifs is 1. The Morgan fingerprint density at radius 3 is 2.62 bits per heavy atom. The van der Waals surface area contributed by atoms with Crippen molar-refractivity contribution < 1.29 is 0 Å². The Balaban J connectivity index is 1.41. The lowest BCUT2D eigenvalue weighted by Gasteiger charge is -2.41. The van der Waals surface area contributed by atoms with Crippen molar-refractivity contribution >= 4 is 34.0 Å². The molecule has 0 amide bonds. The SMILES string of the molecule is CCCCN(CC)c1nccc(Nc2cc3c(C(C)C)ccc(N4CC(c5nncn5C)C4)c3cn2)n1. The third-order valence-electron chi connectivity index (χ3n) is 7.21. The molecule has 9 heteroatoms. The van der Waals surface area contributed by atoms with Crippen LogP contribution >= 0.6 is 0 Å². The molecule has 0 radical (unpaired) electrons. The molecule has 9 nitrogen and oxygen atoms in total. The van der Waals surface area contributed by atoms with E-state index < -0.39 is 0 Å². The van der Waals surface area contributed by atoms with E-state index in [4.69, 9.17) is 9.97 Å². The largest absolute Gasteiger partial charge is 0.369 e. The van der Waals surface area contributed by atoms with Crippen LogP contribution in [0.3, 0.4) is 0 Å². The number of rotatable bonds is 10. The molecule has 0 bridgehead atoms. The molecule has 1 aromatic carbocycles. The summed E-state index contributed by atoms with van der Waals surface area (Å²) in [7, 11) is 2.01. The van der Waals surface area contributed by atoms with Gasteiger partial charge in [0.1, 0.15) is 23.8 Å². The second-order valence-corrected chi connectivity index (χ2v) is 10.1. The lowest BCUT2D eigenvalue weighted by molar-refractivity contribution is 0.488. The number of hydrogen-bond acceptors (Lipinski definition) is 8. The maximum Gasteiger partial charge on any atom is 0.227 e. The maximum absolute atomic E-state index is 4.79.